The van der Waals surface area contributed by atoms with Gasteiger partial charge in [-0.25, -0.2) is 4.21 Å². The molecule has 2 aromatic carbocycles. The fourth-order valence-corrected chi connectivity index (χ4v) is 4.89. The van der Waals surface area contributed by atoms with Crippen molar-refractivity contribution in [3.8, 4) is 5.75 Å². The summed E-state index contributed by atoms with van der Waals surface area (Å²) in [6, 6.07) is 13.3. The van der Waals surface area contributed by atoms with Crippen molar-refractivity contribution in [1.82, 2.24) is 3.97 Å². The molecule has 1 N–H and O–H groups in total. The topological polar surface area (TPSA) is 51.5 Å². The highest BCUT2D eigenvalue weighted by Crippen LogP contribution is 2.29. The monoisotopic (exact) mass is 567 g/mol. The molecule has 1 aliphatic carbocycles. The predicted molar refractivity (Wildman–Crippen MR) is 169 cm³/mol. The van der Waals surface area contributed by atoms with E-state index >= 15 is 0 Å². The summed E-state index contributed by atoms with van der Waals surface area (Å²) in [6.45, 7) is 6.43. The van der Waals surface area contributed by atoms with Gasteiger partial charge < -0.3 is 9.84 Å². The number of aryl methyl sites for hydroxylation is 1. The van der Waals surface area contributed by atoms with Crippen molar-refractivity contribution in [3.63, 3.8) is 0 Å². The molecule has 1 aliphatic rings. The lowest BCUT2D eigenvalue weighted by molar-refractivity contribution is 0.275. The molecular weight excluding hydrogens is 527 g/mol. The van der Waals surface area contributed by atoms with Crippen molar-refractivity contribution in [3.05, 3.63) is 82.9 Å². The summed E-state index contributed by atoms with van der Waals surface area (Å²) in [5.41, 5.74) is 2.65. The van der Waals surface area contributed by atoms with E-state index in [2.05, 4.69) is 50.0 Å². The quantitative estimate of drug-likeness (QED) is 0.233. The van der Waals surface area contributed by atoms with Gasteiger partial charge in [0, 0.05) is 28.0 Å². The molecule has 0 saturated carbocycles. The standard InChI is InChI=1S/C23H23NO3S2.C2H6.2CH4S.CH4/c1-16-5-8-21(9-6-16)29(26)24-13-18(14-25)22-12-19(7-10-23(22)24)27-15-17-3-2-4-20(28)11-17;3*1-2;/h2,4-13,17,25,28H,3,14-15H2,1H3;1-2H3;2*2H,1H3;1H4. The van der Waals surface area contributed by atoms with Crippen molar-refractivity contribution in [2.75, 3.05) is 19.1 Å². The number of hydrogen-bond acceptors (Lipinski definition) is 6. The number of rotatable bonds is 6. The molecule has 0 saturated heterocycles. The number of aromatic nitrogens is 1. The minimum atomic E-state index is -1.39. The Labute approximate surface area is 236 Å². The first-order valence-corrected chi connectivity index (χ1v) is 14.7. The highest BCUT2D eigenvalue weighted by Gasteiger charge is 2.15. The van der Waals surface area contributed by atoms with Gasteiger partial charge in [-0.05, 0) is 56.2 Å². The summed E-state index contributed by atoms with van der Waals surface area (Å²) in [7, 11) is -1.39. The molecule has 36 heavy (non-hydrogen) atoms. The molecule has 8 heteroatoms. The highest BCUT2D eigenvalue weighted by atomic mass is 32.2. The number of aliphatic hydroxyl groups is 1. The van der Waals surface area contributed by atoms with E-state index in [1.54, 1.807) is 22.7 Å². The first-order valence-electron chi connectivity index (χ1n) is 11.4. The minimum Gasteiger partial charge on any atom is -0.493 e. The second kappa shape index (κ2) is 18.6. The predicted octanol–water partition coefficient (Wildman–Crippen LogP) is 7.54. The number of nitrogens with zero attached hydrogens (tertiary/aromatic N) is 1. The minimum absolute atomic E-state index is 0. The first-order chi connectivity index (χ1) is 17.0. The summed E-state index contributed by atoms with van der Waals surface area (Å²) in [6.07, 6.45) is 12.3. The smallest absolute Gasteiger partial charge is 0.157 e. The fraction of sp³-hybridized carbons (Fsp3) is 0.357. The van der Waals surface area contributed by atoms with Crippen molar-refractivity contribution >= 4 is 59.8 Å². The van der Waals surface area contributed by atoms with Crippen LogP contribution in [0.15, 0.2) is 76.7 Å². The van der Waals surface area contributed by atoms with Crippen molar-refractivity contribution in [1.29, 1.82) is 0 Å². The summed E-state index contributed by atoms with van der Waals surface area (Å²) in [4.78, 5) is 1.68. The van der Waals surface area contributed by atoms with E-state index in [-0.39, 0.29) is 14.0 Å². The maximum absolute atomic E-state index is 13.1. The van der Waals surface area contributed by atoms with E-state index in [9.17, 15) is 9.32 Å². The molecule has 0 radical (unpaired) electrons. The number of aliphatic hydroxyl groups excluding tert-OH is 1. The van der Waals surface area contributed by atoms with Gasteiger partial charge in [0.2, 0.25) is 0 Å². The Bertz CT molecular complexity index is 1120. The molecule has 0 spiro atoms. The summed E-state index contributed by atoms with van der Waals surface area (Å²) in [5, 5.41) is 10.7. The van der Waals surface area contributed by atoms with Gasteiger partial charge in [0.1, 0.15) is 5.75 Å². The molecule has 4 nitrogen and oxygen atoms in total. The Morgan fingerprint density at radius 1 is 1.08 bits per heavy atom. The van der Waals surface area contributed by atoms with Crippen molar-refractivity contribution < 1.29 is 14.1 Å². The van der Waals surface area contributed by atoms with Crippen LogP contribution in [0.4, 0.5) is 0 Å². The second-order valence-electron chi connectivity index (χ2n) is 7.18. The first kappa shape index (κ1) is 34.4. The zero-order chi connectivity index (χ0) is 26.4. The van der Waals surface area contributed by atoms with Gasteiger partial charge in [-0.3, -0.25) is 3.97 Å². The van der Waals surface area contributed by atoms with Gasteiger partial charge in [0.25, 0.3) is 0 Å². The molecule has 2 unspecified atom stereocenters. The molecule has 1 heterocycles. The fourth-order valence-electron chi connectivity index (χ4n) is 3.41. The Balaban J connectivity index is 0.00000163. The average molecular weight is 568 g/mol. The summed E-state index contributed by atoms with van der Waals surface area (Å²) < 4.78 is 20.8. The maximum atomic E-state index is 13.1. The van der Waals surface area contributed by atoms with Crippen LogP contribution in [0.2, 0.25) is 0 Å². The molecule has 2 atom stereocenters. The molecular formula is C28H41NO3S4. The molecule has 0 bridgehead atoms. The van der Waals surface area contributed by atoms with Gasteiger partial charge in [0.05, 0.1) is 23.6 Å². The number of hydrogen-bond donors (Lipinski definition) is 4. The van der Waals surface area contributed by atoms with E-state index in [0.717, 1.165) is 44.0 Å². The van der Waals surface area contributed by atoms with E-state index in [1.165, 1.54) is 0 Å². The van der Waals surface area contributed by atoms with E-state index in [4.69, 9.17) is 4.74 Å². The highest BCUT2D eigenvalue weighted by molar-refractivity contribution is 7.84. The van der Waals surface area contributed by atoms with Crippen LogP contribution in [0.25, 0.3) is 10.9 Å². The van der Waals surface area contributed by atoms with Crippen molar-refractivity contribution in [2.24, 2.45) is 5.92 Å². The van der Waals surface area contributed by atoms with Crippen LogP contribution in [0.5, 0.6) is 5.75 Å². The third-order valence-corrected chi connectivity index (χ3v) is 6.63. The molecule has 3 aromatic rings. The molecule has 0 fully saturated rings. The van der Waals surface area contributed by atoms with Gasteiger partial charge >= 0.3 is 0 Å². The maximum Gasteiger partial charge on any atom is 0.157 e. The lowest BCUT2D eigenvalue weighted by atomic mass is 10.0. The molecule has 0 aliphatic heterocycles. The van der Waals surface area contributed by atoms with Crippen LogP contribution in [-0.2, 0) is 17.6 Å². The van der Waals surface area contributed by atoms with Gasteiger partial charge in [0.15, 0.2) is 11.0 Å². The van der Waals surface area contributed by atoms with Crippen LogP contribution >= 0.6 is 37.9 Å². The number of ether oxygens (including phenoxy) is 1. The lowest BCUT2D eigenvalue weighted by Crippen LogP contribution is -2.11. The second-order valence-corrected chi connectivity index (χ2v) is 9.06. The van der Waals surface area contributed by atoms with Crippen LogP contribution in [-0.4, -0.2) is 32.4 Å². The van der Waals surface area contributed by atoms with Crippen LogP contribution in [0.1, 0.15) is 38.8 Å². The molecule has 0 amide bonds. The van der Waals surface area contributed by atoms with Crippen molar-refractivity contribution in [2.45, 2.75) is 46.1 Å². The number of fused-ring (bicyclic) bond motifs is 1. The Morgan fingerprint density at radius 2 is 1.72 bits per heavy atom. The summed E-state index contributed by atoms with van der Waals surface area (Å²) in [5.74, 6) is 1.02. The third kappa shape index (κ3) is 9.38. The van der Waals surface area contributed by atoms with E-state index < -0.39 is 11.0 Å². The SMILES string of the molecule is C.CC.CS.CS.Cc1ccc(S(=O)n2cc(CO)c3cc(OCC4C=C(S)C=CC4)ccc32)cc1. The van der Waals surface area contributed by atoms with Gasteiger partial charge in [-0.2, -0.15) is 25.3 Å². The van der Waals surface area contributed by atoms with Gasteiger partial charge in [-0.1, -0.05) is 57.2 Å². The normalized spacial score (nSPS) is 14.5. The lowest BCUT2D eigenvalue weighted by Gasteiger charge is -2.16. The number of allylic oxidation sites excluding steroid dienone is 2. The molecule has 4 rings (SSSR count). The molecule has 1 aromatic heterocycles. The van der Waals surface area contributed by atoms with Gasteiger partial charge in [-0.15, -0.1) is 12.6 Å². The zero-order valence-corrected chi connectivity index (χ0v) is 24.5. The number of thiol groups is 3. The zero-order valence-electron chi connectivity index (χ0n) is 21.0. The Hall–Kier alpha value is -1.58. The Morgan fingerprint density at radius 3 is 2.31 bits per heavy atom. The number of benzene rings is 2. The average Bonchev–Trinajstić information content (AvgIpc) is 3.29. The largest absolute Gasteiger partial charge is 0.493 e. The van der Waals surface area contributed by atoms with Crippen LogP contribution in [0.3, 0.4) is 0 Å². The summed E-state index contributed by atoms with van der Waals surface area (Å²) >= 11 is 11.4. The van der Waals surface area contributed by atoms with E-state index in [0.29, 0.717) is 12.5 Å². The van der Waals surface area contributed by atoms with Crippen LogP contribution < -0.4 is 4.74 Å². The third-order valence-electron chi connectivity index (χ3n) is 4.99. The molecule has 200 valence electrons. The Kier molecular flexibility index (Phi) is 17.8. The van der Waals surface area contributed by atoms with E-state index in [1.807, 2.05) is 69.3 Å². The van der Waals surface area contributed by atoms with Crippen LogP contribution in [0, 0.1) is 12.8 Å².